The Kier molecular flexibility index (Phi) is 4.84. The number of methoxy groups -OCH3 is 1. The minimum absolute atomic E-state index is 0.0277. The Balaban J connectivity index is 2.76. The van der Waals surface area contributed by atoms with Crippen LogP contribution in [-0.4, -0.2) is 36.4 Å². The molecule has 0 heterocycles. The number of alkyl halides is 3. The minimum atomic E-state index is -4.21. The van der Waals surface area contributed by atoms with Crippen LogP contribution < -0.4 is 4.74 Å². The van der Waals surface area contributed by atoms with Gasteiger partial charge in [0.05, 0.1) is 13.7 Å². The molecule has 0 amide bonds. The van der Waals surface area contributed by atoms with Gasteiger partial charge < -0.3 is 9.84 Å². The fourth-order valence-electron chi connectivity index (χ4n) is 1.61. The summed E-state index contributed by atoms with van der Waals surface area (Å²) >= 11 is 0. The van der Waals surface area contributed by atoms with E-state index in [1.807, 2.05) is 0 Å². The average Bonchev–Trinajstić information content (AvgIpc) is 2.29. The summed E-state index contributed by atoms with van der Waals surface area (Å²) in [5.41, 5.74) is 0.663. The van der Waals surface area contributed by atoms with Crippen molar-refractivity contribution in [2.24, 2.45) is 0 Å². The molecule has 0 unspecified atom stereocenters. The van der Waals surface area contributed by atoms with Crippen molar-refractivity contribution in [2.75, 3.05) is 20.2 Å². The average molecular weight is 263 g/mol. The second-order valence-electron chi connectivity index (χ2n) is 3.92. The molecule has 6 heteroatoms. The smallest absolute Gasteiger partial charge is 0.401 e. The third-order valence-electron chi connectivity index (χ3n) is 2.50. The van der Waals surface area contributed by atoms with E-state index >= 15 is 0 Å². The molecule has 1 aromatic carbocycles. The monoisotopic (exact) mass is 263 g/mol. The van der Waals surface area contributed by atoms with Crippen molar-refractivity contribution >= 4 is 0 Å². The molecule has 0 aliphatic carbocycles. The molecule has 0 radical (unpaired) electrons. The van der Waals surface area contributed by atoms with Crippen molar-refractivity contribution in [1.82, 2.24) is 4.90 Å². The Morgan fingerprint density at radius 2 is 2.00 bits per heavy atom. The Morgan fingerprint density at radius 3 is 2.50 bits per heavy atom. The van der Waals surface area contributed by atoms with Crippen molar-refractivity contribution in [3.63, 3.8) is 0 Å². The van der Waals surface area contributed by atoms with Crippen LogP contribution in [0.4, 0.5) is 13.2 Å². The number of benzene rings is 1. The van der Waals surface area contributed by atoms with Gasteiger partial charge in [-0.05, 0) is 24.2 Å². The largest absolute Gasteiger partial charge is 0.504 e. The van der Waals surface area contributed by atoms with Gasteiger partial charge in [-0.2, -0.15) is 13.2 Å². The van der Waals surface area contributed by atoms with Crippen molar-refractivity contribution in [3.05, 3.63) is 23.8 Å². The third kappa shape index (κ3) is 4.44. The highest BCUT2D eigenvalue weighted by molar-refractivity contribution is 5.41. The van der Waals surface area contributed by atoms with Gasteiger partial charge in [-0.1, -0.05) is 13.0 Å². The SMILES string of the molecule is CCN(Cc1ccc(O)c(OC)c1)CC(F)(F)F. The van der Waals surface area contributed by atoms with Gasteiger partial charge in [0, 0.05) is 6.54 Å². The van der Waals surface area contributed by atoms with E-state index < -0.39 is 12.7 Å². The first-order valence-corrected chi connectivity index (χ1v) is 5.50. The van der Waals surface area contributed by atoms with Crippen LogP contribution in [0.3, 0.4) is 0 Å². The molecular formula is C12H16F3NO2. The number of rotatable bonds is 5. The van der Waals surface area contributed by atoms with Crippen LogP contribution in [0, 0.1) is 0 Å². The maximum Gasteiger partial charge on any atom is 0.401 e. The summed E-state index contributed by atoms with van der Waals surface area (Å²) < 4.78 is 41.8. The van der Waals surface area contributed by atoms with Crippen molar-refractivity contribution in [2.45, 2.75) is 19.6 Å². The third-order valence-corrected chi connectivity index (χ3v) is 2.50. The summed E-state index contributed by atoms with van der Waals surface area (Å²) in [6.07, 6.45) is -4.21. The Bertz CT molecular complexity index is 393. The van der Waals surface area contributed by atoms with Crippen LogP contribution in [0.25, 0.3) is 0 Å². The number of halogens is 3. The van der Waals surface area contributed by atoms with E-state index in [0.29, 0.717) is 12.1 Å². The molecule has 1 N–H and O–H groups in total. The first kappa shape index (κ1) is 14.6. The topological polar surface area (TPSA) is 32.7 Å². The first-order valence-electron chi connectivity index (χ1n) is 5.50. The summed E-state index contributed by atoms with van der Waals surface area (Å²) in [5.74, 6) is 0.232. The molecule has 0 aliphatic heterocycles. The van der Waals surface area contributed by atoms with Gasteiger partial charge in [0.1, 0.15) is 0 Å². The zero-order chi connectivity index (χ0) is 13.8. The fourth-order valence-corrected chi connectivity index (χ4v) is 1.61. The maximum atomic E-state index is 12.3. The molecule has 0 aromatic heterocycles. The molecule has 0 aliphatic rings. The fraction of sp³-hybridized carbons (Fsp3) is 0.500. The molecule has 0 bridgehead atoms. The number of phenolic OH excluding ortho intramolecular Hbond substituents is 1. The minimum Gasteiger partial charge on any atom is -0.504 e. The molecule has 1 aromatic rings. The quantitative estimate of drug-likeness (QED) is 0.886. The second kappa shape index (κ2) is 5.95. The van der Waals surface area contributed by atoms with Gasteiger partial charge in [0.15, 0.2) is 11.5 Å². The lowest BCUT2D eigenvalue weighted by atomic mass is 10.2. The van der Waals surface area contributed by atoms with Crippen molar-refractivity contribution in [3.8, 4) is 11.5 Å². The number of ether oxygens (including phenoxy) is 1. The Labute approximate surface area is 104 Å². The number of hydrogen-bond donors (Lipinski definition) is 1. The van der Waals surface area contributed by atoms with Crippen LogP contribution >= 0.6 is 0 Å². The molecule has 0 atom stereocenters. The number of phenols is 1. The van der Waals surface area contributed by atoms with Gasteiger partial charge in [0.2, 0.25) is 0 Å². The summed E-state index contributed by atoms with van der Waals surface area (Å²) in [6.45, 7) is 1.17. The highest BCUT2D eigenvalue weighted by Gasteiger charge is 2.30. The van der Waals surface area contributed by atoms with E-state index in [9.17, 15) is 18.3 Å². The zero-order valence-electron chi connectivity index (χ0n) is 10.3. The van der Waals surface area contributed by atoms with E-state index in [0.717, 1.165) is 0 Å². The van der Waals surface area contributed by atoms with E-state index in [-0.39, 0.29) is 18.0 Å². The molecule has 102 valence electrons. The lowest BCUT2D eigenvalue weighted by molar-refractivity contribution is -0.146. The molecule has 3 nitrogen and oxygen atoms in total. The van der Waals surface area contributed by atoms with Crippen molar-refractivity contribution < 1.29 is 23.0 Å². The normalized spacial score (nSPS) is 11.9. The molecule has 0 spiro atoms. The van der Waals surface area contributed by atoms with Gasteiger partial charge >= 0.3 is 6.18 Å². The van der Waals surface area contributed by atoms with E-state index in [1.54, 1.807) is 13.0 Å². The lowest BCUT2D eigenvalue weighted by Gasteiger charge is -2.22. The molecule has 0 fully saturated rings. The molecule has 1 rings (SSSR count). The van der Waals surface area contributed by atoms with E-state index in [1.165, 1.54) is 24.1 Å². The predicted molar refractivity (Wildman–Crippen MR) is 61.7 cm³/mol. The summed E-state index contributed by atoms with van der Waals surface area (Å²) in [6, 6.07) is 4.53. The van der Waals surface area contributed by atoms with E-state index in [2.05, 4.69) is 0 Å². The summed E-state index contributed by atoms with van der Waals surface area (Å²) in [7, 11) is 1.39. The Morgan fingerprint density at radius 1 is 1.33 bits per heavy atom. The van der Waals surface area contributed by atoms with Crippen LogP contribution in [0.15, 0.2) is 18.2 Å². The lowest BCUT2D eigenvalue weighted by Crippen LogP contribution is -2.33. The first-order chi connectivity index (χ1) is 8.35. The highest BCUT2D eigenvalue weighted by Crippen LogP contribution is 2.27. The highest BCUT2D eigenvalue weighted by atomic mass is 19.4. The van der Waals surface area contributed by atoms with Gasteiger partial charge in [-0.3, -0.25) is 4.90 Å². The number of aromatic hydroxyl groups is 1. The van der Waals surface area contributed by atoms with Crippen LogP contribution in [-0.2, 0) is 6.54 Å². The Hall–Kier alpha value is -1.43. The standard InChI is InChI=1S/C12H16F3NO2/c1-3-16(8-12(13,14)15)7-9-4-5-10(17)11(6-9)18-2/h4-6,17H,3,7-8H2,1-2H3. The second-order valence-corrected chi connectivity index (χ2v) is 3.92. The van der Waals surface area contributed by atoms with Crippen LogP contribution in [0.2, 0.25) is 0 Å². The maximum absolute atomic E-state index is 12.3. The molecule has 18 heavy (non-hydrogen) atoms. The number of nitrogens with zero attached hydrogens (tertiary/aromatic N) is 1. The van der Waals surface area contributed by atoms with Gasteiger partial charge in [-0.25, -0.2) is 0 Å². The van der Waals surface area contributed by atoms with Gasteiger partial charge in [0.25, 0.3) is 0 Å². The predicted octanol–water partition coefficient (Wildman–Crippen LogP) is 2.79. The summed E-state index contributed by atoms with van der Waals surface area (Å²) in [4.78, 5) is 1.27. The van der Waals surface area contributed by atoms with Crippen molar-refractivity contribution in [1.29, 1.82) is 0 Å². The van der Waals surface area contributed by atoms with Crippen LogP contribution in [0.1, 0.15) is 12.5 Å². The zero-order valence-corrected chi connectivity index (χ0v) is 10.3. The molecule has 0 saturated heterocycles. The van der Waals surface area contributed by atoms with Crippen LogP contribution in [0.5, 0.6) is 11.5 Å². The molecular weight excluding hydrogens is 247 g/mol. The summed E-state index contributed by atoms with van der Waals surface area (Å²) in [5, 5.41) is 9.39. The van der Waals surface area contributed by atoms with E-state index in [4.69, 9.17) is 4.74 Å². The van der Waals surface area contributed by atoms with Gasteiger partial charge in [-0.15, -0.1) is 0 Å². The number of hydrogen-bond acceptors (Lipinski definition) is 3. The molecule has 0 saturated carbocycles.